The molecule has 0 radical (unpaired) electrons. The van der Waals surface area contributed by atoms with E-state index >= 15 is 0 Å². The Hall–Kier alpha value is -2.21. The van der Waals surface area contributed by atoms with E-state index in [2.05, 4.69) is 46.1 Å². The summed E-state index contributed by atoms with van der Waals surface area (Å²) in [6.45, 7) is 4.65. The summed E-state index contributed by atoms with van der Waals surface area (Å²) < 4.78 is 1.83. The van der Waals surface area contributed by atoms with Gasteiger partial charge in [-0.3, -0.25) is 4.79 Å². The highest BCUT2D eigenvalue weighted by atomic mass is 16.2. The van der Waals surface area contributed by atoms with Crippen molar-refractivity contribution in [2.75, 3.05) is 19.6 Å². The van der Waals surface area contributed by atoms with Gasteiger partial charge in [0.15, 0.2) is 5.69 Å². The molecule has 2 N–H and O–H groups in total. The summed E-state index contributed by atoms with van der Waals surface area (Å²) in [4.78, 5) is 12.2. The summed E-state index contributed by atoms with van der Waals surface area (Å²) in [5, 5.41) is 14.4. The molecule has 3 rings (SSSR count). The molecule has 1 saturated heterocycles. The third-order valence-electron chi connectivity index (χ3n) is 4.21. The highest BCUT2D eigenvalue weighted by Gasteiger charge is 2.18. The molecule has 1 aliphatic heterocycles. The normalized spacial score (nSPS) is 15.5. The lowest BCUT2D eigenvalue weighted by atomic mass is 10.1. The number of amides is 1. The Kier molecular flexibility index (Phi) is 5.02. The monoisotopic (exact) mass is 313 g/mol. The molecule has 6 nitrogen and oxygen atoms in total. The number of benzene rings is 1. The second-order valence-corrected chi connectivity index (χ2v) is 6.06. The number of nitrogens with one attached hydrogen (secondary N) is 2. The molecule has 1 amide bonds. The molecular formula is C17H23N5O. The smallest absolute Gasteiger partial charge is 0.273 e. The topological polar surface area (TPSA) is 71.8 Å². The number of rotatable bonds is 5. The minimum atomic E-state index is -0.155. The number of piperidine rings is 1. The van der Waals surface area contributed by atoms with Crippen molar-refractivity contribution in [1.82, 2.24) is 25.6 Å². The molecule has 0 bridgehead atoms. The Bertz CT molecular complexity index is 661. The summed E-state index contributed by atoms with van der Waals surface area (Å²) in [6.07, 6.45) is 4.63. The second-order valence-electron chi connectivity index (χ2n) is 6.06. The van der Waals surface area contributed by atoms with E-state index in [1.165, 1.54) is 11.1 Å². The van der Waals surface area contributed by atoms with Gasteiger partial charge < -0.3 is 10.6 Å². The SMILES string of the molecule is Cc1cccc(CCNC(=O)c2cn(C3CCNCC3)nn2)c1. The van der Waals surface area contributed by atoms with E-state index in [0.29, 0.717) is 18.3 Å². The van der Waals surface area contributed by atoms with Crippen LogP contribution in [0.2, 0.25) is 0 Å². The van der Waals surface area contributed by atoms with Crippen molar-refractivity contribution >= 4 is 5.91 Å². The lowest BCUT2D eigenvalue weighted by molar-refractivity contribution is 0.0949. The molecule has 0 saturated carbocycles. The first-order chi connectivity index (χ1) is 11.2. The fourth-order valence-corrected chi connectivity index (χ4v) is 2.91. The van der Waals surface area contributed by atoms with Crippen LogP contribution in [0.25, 0.3) is 0 Å². The molecule has 0 unspecified atom stereocenters. The Morgan fingerprint density at radius 3 is 3.00 bits per heavy atom. The highest BCUT2D eigenvalue weighted by Crippen LogP contribution is 2.16. The Balaban J connectivity index is 1.51. The lowest BCUT2D eigenvalue weighted by Gasteiger charge is -2.22. The summed E-state index contributed by atoms with van der Waals surface area (Å²) in [6, 6.07) is 8.67. The van der Waals surface area contributed by atoms with Crippen molar-refractivity contribution in [3.05, 3.63) is 47.3 Å². The fourth-order valence-electron chi connectivity index (χ4n) is 2.91. The zero-order chi connectivity index (χ0) is 16.1. The first kappa shape index (κ1) is 15.7. The molecule has 122 valence electrons. The van der Waals surface area contributed by atoms with E-state index in [1.807, 2.05) is 10.7 Å². The largest absolute Gasteiger partial charge is 0.350 e. The maximum absolute atomic E-state index is 12.2. The van der Waals surface area contributed by atoms with Gasteiger partial charge in [0.2, 0.25) is 0 Å². The van der Waals surface area contributed by atoms with E-state index in [4.69, 9.17) is 0 Å². The number of nitrogens with zero attached hydrogens (tertiary/aromatic N) is 3. The average Bonchev–Trinajstić information content (AvgIpc) is 3.06. The van der Waals surface area contributed by atoms with Crippen molar-refractivity contribution in [2.45, 2.75) is 32.2 Å². The van der Waals surface area contributed by atoms with Gasteiger partial charge in [0.1, 0.15) is 0 Å². The molecule has 1 aromatic carbocycles. The molecule has 2 aromatic rings. The van der Waals surface area contributed by atoms with Gasteiger partial charge in [0.25, 0.3) is 5.91 Å². The maximum Gasteiger partial charge on any atom is 0.273 e. The molecule has 1 fully saturated rings. The number of carbonyl (C=O) groups excluding carboxylic acids is 1. The van der Waals surface area contributed by atoms with Crippen LogP contribution in [0.1, 0.15) is 40.5 Å². The van der Waals surface area contributed by atoms with E-state index in [1.54, 1.807) is 6.20 Å². The summed E-state index contributed by atoms with van der Waals surface area (Å²) >= 11 is 0. The van der Waals surface area contributed by atoms with Gasteiger partial charge in [-0.25, -0.2) is 4.68 Å². The third kappa shape index (κ3) is 4.16. The van der Waals surface area contributed by atoms with E-state index in [-0.39, 0.29) is 5.91 Å². The Morgan fingerprint density at radius 2 is 2.22 bits per heavy atom. The first-order valence-electron chi connectivity index (χ1n) is 8.18. The van der Waals surface area contributed by atoms with Gasteiger partial charge in [0, 0.05) is 6.54 Å². The van der Waals surface area contributed by atoms with Crippen LogP contribution in [0, 0.1) is 6.92 Å². The minimum Gasteiger partial charge on any atom is -0.350 e. The summed E-state index contributed by atoms with van der Waals surface area (Å²) in [5.41, 5.74) is 2.86. The lowest BCUT2D eigenvalue weighted by Crippen LogP contribution is -2.29. The van der Waals surface area contributed by atoms with Crippen molar-refractivity contribution in [2.24, 2.45) is 0 Å². The zero-order valence-corrected chi connectivity index (χ0v) is 13.5. The van der Waals surface area contributed by atoms with Crippen LogP contribution in [0.4, 0.5) is 0 Å². The summed E-state index contributed by atoms with van der Waals surface area (Å²) in [5.74, 6) is -0.155. The standard InChI is InChI=1S/C17H23N5O/c1-13-3-2-4-14(11-13)5-10-19-17(23)16-12-22(21-20-16)15-6-8-18-9-7-15/h2-4,11-12,15,18H,5-10H2,1H3,(H,19,23). The van der Waals surface area contributed by atoms with Crippen molar-refractivity contribution in [3.63, 3.8) is 0 Å². The second kappa shape index (κ2) is 7.37. The molecule has 6 heteroatoms. The van der Waals surface area contributed by atoms with E-state index in [0.717, 1.165) is 32.4 Å². The van der Waals surface area contributed by atoms with Gasteiger partial charge >= 0.3 is 0 Å². The number of aromatic nitrogens is 3. The van der Waals surface area contributed by atoms with Gasteiger partial charge in [-0.2, -0.15) is 0 Å². The van der Waals surface area contributed by atoms with Crippen molar-refractivity contribution in [3.8, 4) is 0 Å². The van der Waals surface area contributed by atoms with Crippen LogP contribution in [0.3, 0.4) is 0 Å². The van der Waals surface area contributed by atoms with Crippen LogP contribution < -0.4 is 10.6 Å². The predicted molar refractivity (Wildman–Crippen MR) is 88.4 cm³/mol. The molecule has 0 aliphatic carbocycles. The molecule has 2 heterocycles. The molecule has 1 aliphatic rings. The van der Waals surface area contributed by atoms with E-state index < -0.39 is 0 Å². The highest BCUT2D eigenvalue weighted by molar-refractivity contribution is 5.91. The number of carbonyl (C=O) groups is 1. The van der Waals surface area contributed by atoms with Gasteiger partial charge in [0.05, 0.1) is 12.2 Å². The third-order valence-corrected chi connectivity index (χ3v) is 4.21. The van der Waals surface area contributed by atoms with Gasteiger partial charge in [-0.1, -0.05) is 35.0 Å². The van der Waals surface area contributed by atoms with Gasteiger partial charge in [-0.15, -0.1) is 5.10 Å². The fraction of sp³-hybridized carbons (Fsp3) is 0.471. The number of aryl methyl sites for hydroxylation is 1. The van der Waals surface area contributed by atoms with Gasteiger partial charge in [-0.05, 0) is 44.8 Å². The Labute approximate surface area is 136 Å². The number of hydrogen-bond donors (Lipinski definition) is 2. The Morgan fingerprint density at radius 1 is 1.39 bits per heavy atom. The first-order valence-corrected chi connectivity index (χ1v) is 8.18. The number of hydrogen-bond acceptors (Lipinski definition) is 4. The summed E-state index contributed by atoms with van der Waals surface area (Å²) in [7, 11) is 0. The van der Waals surface area contributed by atoms with Crippen molar-refractivity contribution < 1.29 is 4.79 Å². The quantitative estimate of drug-likeness (QED) is 0.877. The molecular weight excluding hydrogens is 290 g/mol. The van der Waals surface area contributed by atoms with E-state index in [9.17, 15) is 4.79 Å². The molecule has 23 heavy (non-hydrogen) atoms. The maximum atomic E-state index is 12.2. The minimum absolute atomic E-state index is 0.155. The van der Waals surface area contributed by atoms with Crippen LogP contribution in [-0.4, -0.2) is 40.5 Å². The zero-order valence-electron chi connectivity index (χ0n) is 13.5. The molecule has 0 spiro atoms. The average molecular weight is 313 g/mol. The predicted octanol–water partition coefficient (Wildman–Crippen LogP) is 1.48. The van der Waals surface area contributed by atoms with Crippen molar-refractivity contribution in [1.29, 1.82) is 0 Å². The van der Waals surface area contributed by atoms with Crippen LogP contribution >= 0.6 is 0 Å². The molecule has 1 aromatic heterocycles. The van der Waals surface area contributed by atoms with Crippen LogP contribution in [-0.2, 0) is 6.42 Å². The van der Waals surface area contributed by atoms with Crippen LogP contribution in [0.15, 0.2) is 30.5 Å². The molecule has 0 atom stereocenters. The van der Waals surface area contributed by atoms with Crippen LogP contribution in [0.5, 0.6) is 0 Å².